The molecular weight excluding hydrogens is 229 g/mol. The molecule has 1 fully saturated rings. The van der Waals surface area contributed by atoms with Crippen molar-refractivity contribution in [3.05, 3.63) is 0 Å². The summed E-state index contributed by atoms with van der Waals surface area (Å²) in [5.74, 6) is 0. The van der Waals surface area contributed by atoms with Crippen LogP contribution in [0.2, 0.25) is 0 Å². The lowest BCUT2D eigenvalue weighted by Gasteiger charge is -2.35. The van der Waals surface area contributed by atoms with E-state index >= 15 is 0 Å². The molecule has 0 aromatic carbocycles. The molecule has 1 N–H and O–H groups in total. The second-order valence-electron chi connectivity index (χ2n) is 4.81. The van der Waals surface area contributed by atoms with Crippen molar-refractivity contribution in [1.82, 2.24) is 10.2 Å². The Bertz CT molecular complexity index is 230. The Balaban J connectivity index is 2.72. The molecule has 0 aromatic rings. The molecule has 1 heterocycles. The van der Waals surface area contributed by atoms with Gasteiger partial charge in [-0.05, 0) is 45.3 Å². The van der Waals surface area contributed by atoms with E-state index in [1.54, 1.807) is 6.92 Å². The normalized spacial score (nSPS) is 28.1. The van der Waals surface area contributed by atoms with Crippen molar-refractivity contribution in [2.45, 2.75) is 51.2 Å². The van der Waals surface area contributed by atoms with E-state index in [2.05, 4.69) is 17.1 Å². The first-order chi connectivity index (χ1) is 7.95. The number of likely N-dealkylation sites (tertiary alicyclic amines) is 1. The van der Waals surface area contributed by atoms with Crippen molar-refractivity contribution < 1.29 is 13.2 Å². The first kappa shape index (κ1) is 14.8. The molecule has 102 valence electrons. The van der Waals surface area contributed by atoms with E-state index in [1.165, 1.54) is 0 Å². The molecule has 5 heteroatoms. The summed E-state index contributed by atoms with van der Waals surface area (Å²) in [7, 11) is 0. The maximum Gasteiger partial charge on any atom is 0.406 e. The van der Waals surface area contributed by atoms with Crippen LogP contribution >= 0.6 is 0 Å². The van der Waals surface area contributed by atoms with Crippen molar-refractivity contribution in [3.8, 4) is 0 Å². The largest absolute Gasteiger partial charge is 0.406 e. The third-order valence-corrected chi connectivity index (χ3v) is 3.53. The first-order valence-electron chi connectivity index (χ1n) is 6.49. The Labute approximate surface area is 102 Å². The van der Waals surface area contributed by atoms with Gasteiger partial charge in [-0.2, -0.15) is 13.2 Å². The number of alkyl halides is 3. The fourth-order valence-electron chi connectivity index (χ4n) is 2.63. The monoisotopic (exact) mass is 252 g/mol. The number of nitrogens with zero attached hydrogens (tertiary/aromatic N) is 1. The van der Waals surface area contributed by atoms with Crippen LogP contribution in [0.4, 0.5) is 13.2 Å². The van der Waals surface area contributed by atoms with Gasteiger partial charge < -0.3 is 10.2 Å². The summed E-state index contributed by atoms with van der Waals surface area (Å²) in [6, 6.07) is 0. The molecule has 0 radical (unpaired) electrons. The van der Waals surface area contributed by atoms with E-state index in [4.69, 9.17) is 0 Å². The summed E-state index contributed by atoms with van der Waals surface area (Å²) in [5.41, 5.74) is -1.66. The molecular formula is C12H23F3N2. The van der Waals surface area contributed by atoms with Crippen LogP contribution in [0, 0.1) is 0 Å². The SMILES string of the molecule is CCCN1CCCC(NCC)(C(F)(F)F)CC1. The molecule has 2 nitrogen and oxygen atoms in total. The molecule has 1 unspecified atom stereocenters. The van der Waals surface area contributed by atoms with E-state index < -0.39 is 11.7 Å². The molecule has 0 saturated carbocycles. The fourth-order valence-corrected chi connectivity index (χ4v) is 2.63. The molecule has 17 heavy (non-hydrogen) atoms. The molecule has 0 aromatic heterocycles. The van der Waals surface area contributed by atoms with Gasteiger partial charge in [-0.25, -0.2) is 0 Å². The highest BCUT2D eigenvalue weighted by Crippen LogP contribution is 2.38. The van der Waals surface area contributed by atoms with Crippen LogP contribution in [0.25, 0.3) is 0 Å². The summed E-state index contributed by atoms with van der Waals surface area (Å²) in [6.45, 7) is 6.40. The topological polar surface area (TPSA) is 15.3 Å². The van der Waals surface area contributed by atoms with Crippen molar-refractivity contribution in [3.63, 3.8) is 0 Å². The van der Waals surface area contributed by atoms with E-state index in [9.17, 15) is 13.2 Å². The van der Waals surface area contributed by atoms with E-state index in [-0.39, 0.29) is 12.8 Å². The molecule has 1 aliphatic rings. The maximum atomic E-state index is 13.2. The molecule has 0 bridgehead atoms. The van der Waals surface area contributed by atoms with Crippen LogP contribution in [0.3, 0.4) is 0 Å². The molecule has 1 aliphatic heterocycles. The van der Waals surface area contributed by atoms with Gasteiger partial charge in [0.05, 0.1) is 0 Å². The minimum absolute atomic E-state index is 0.171. The molecule has 0 aliphatic carbocycles. The number of nitrogens with one attached hydrogen (secondary N) is 1. The lowest BCUT2D eigenvalue weighted by Crippen LogP contribution is -2.57. The predicted octanol–water partition coefficient (Wildman–Crippen LogP) is 2.79. The molecule has 0 spiro atoms. The highest BCUT2D eigenvalue weighted by Gasteiger charge is 2.53. The van der Waals surface area contributed by atoms with Crippen molar-refractivity contribution >= 4 is 0 Å². The number of rotatable bonds is 4. The molecule has 0 amide bonds. The van der Waals surface area contributed by atoms with Crippen molar-refractivity contribution in [1.29, 1.82) is 0 Å². The van der Waals surface area contributed by atoms with Gasteiger partial charge in [0.25, 0.3) is 0 Å². The summed E-state index contributed by atoms with van der Waals surface area (Å²) >= 11 is 0. The molecule has 1 saturated heterocycles. The summed E-state index contributed by atoms with van der Waals surface area (Å²) in [5, 5.41) is 2.69. The van der Waals surface area contributed by atoms with Gasteiger partial charge in [0.15, 0.2) is 0 Å². The highest BCUT2D eigenvalue weighted by atomic mass is 19.4. The van der Waals surface area contributed by atoms with Crippen LogP contribution in [0.5, 0.6) is 0 Å². The number of hydrogen-bond acceptors (Lipinski definition) is 2. The fraction of sp³-hybridized carbons (Fsp3) is 1.00. The Morgan fingerprint density at radius 1 is 1.18 bits per heavy atom. The van der Waals surface area contributed by atoms with Crippen LogP contribution < -0.4 is 5.32 Å². The zero-order valence-corrected chi connectivity index (χ0v) is 10.7. The average Bonchev–Trinajstić information content (AvgIpc) is 2.42. The first-order valence-corrected chi connectivity index (χ1v) is 6.49. The number of hydrogen-bond donors (Lipinski definition) is 1. The lowest BCUT2D eigenvalue weighted by molar-refractivity contribution is -0.200. The van der Waals surface area contributed by atoms with Crippen LogP contribution in [-0.2, 0) is 0 Å². The predicted molar refractivity (Wildman–Crippen MR) is 63.0 cm³/mol. The summed E-state index contributed by atoms with van der Waals surface area (Å²) in [6.07, 6.45) is -2.16. The van der Waals surface area contributed by atoms with Crippen molar-refractivity contribution in [2.75, 3.05) is 26.2 Å². The Kier molecular flexibility index (Phi) is 5.25. The second kappa shape index (κ2) is 6.05. The summed E-state index contributed by atoms with van der Waals surface area (Å²) in [4.78, 5) is 2.14. The molecule has 1 rings (SSSR count). The van der Waals surface area contributed by atoms with E-state index in [1.807, 2.05) is 0 Å². The zero-order chi connectivity index (χ0) is 12.9. The van der Waals surface area contributed by atoms with Crippen LogP contribution in [0.1, 0.15) is 39.5 Å². The van der Waals surface area contributed by atoms with E-state index in [0.717, 1.165) is 19.5 Å². The van der Waals surface area contributed by atoms with Gasteiger partial charge in [-0.15, -0.1) is 0 Å². The smallest absolute Gasteiger partial charge is 0.304 e. The summed E-state index contributed by atoms with van der Waals surface area (Å²) < 4.78 is 39.6. The van der Waals surface area contributed by atoms with Gasteiger partial charge in [-0.3, -0.25) is 0 Å². The van der Waals surface area contributed by atoms with E-state index in [0.29, 0.717) is 19.5 Å². The van der Waals surface area contributed by atoms with Gasteiger partial charge in [-0.1, -0.05) is 13.8 Å². The third kappa shape index (κ3) is 3.58. The minimum Gasteiger partial charge on any atom is -0.304 e. The number of halogens is 3. The van der Waals surface area contributed by atoms with Gasteiger partial charge >= 0.3 is 6.18 Å². The van der Waals surface area contributed by atoms with Crippen LogP contribution in [0.15, 0.2) is 0 Å². The Morgan fingerprint density at radius 3 is 2.41 bits per heavy atom. The highest BCUT2D eigenvalue weighted by molar-refractivity contribution is 4.97. The standard InChI is InChI=1S/C12H23F3N2/c1-3-8-17-9-5-6-11(7-10-17,16-4-2)12(13,14)15/h16H,3-10H2,1-2H3. The average molecular weight is 252 g/mol. The minimum atomic E-state index is -4.15. The van der Waals surface area contributed by atoms with Crippen LogP contribution in [-0.4, -0.2) is 42.8 Å². The lowest BCUT2D eigenvalue weighted by atomic mass is 9.89. The molecule has 1 atom stereocenters. The second-order valence-corrected chi connectivity index (χ2v) is 4.81. The van der Waals surface area contributed by atoms with Gasteiger partial charge in [0.2, 0.25) is 0 Å². The maximum absolute atomic E-state index is 13.2. The quantitative estimate of drug-likeness (QED) is 0.827. The third-order valence-electron chi connectivity index (χ3n) is 3.53. The van der Waals surface area contributed by atoms with Gasteiger partial charge in [0, 0.05) is 6.54 Å². The zero-order valence-electron chi connectivity index (χ0n) is 10.7. The van der Waals surface area contributed by atoms with Crippen molar-refractivity contribution in [2.24, 2.45) is 0 Å². The Hall–Kier alpha value is -0.290. The van der Waals surface area contributed by atoms with Gasteiger partial charge in [0.1, 0.15) is 5.54 Å². The Morgan fingerprint density at radius 2 is 1.88 bits per heavy atom.